The summed E-state index contributed by atoms with van der Waals surface area (Å²) in [5.41, 5.74) is -0.887. The summed E-state index contributed by atoms with van der Waals surface area (Å²) in [5, 5.41) is 2.93. The zero-order chi connectivity index (χ0) is 15.7. The molecule has 5 heteroatoms. The van der Waals surface area contributed by atoms with Crippen LogP contribution in [0.5, 0.6) is 0 Å². The first kappa shape index (κ1) is 16.3. The Balaban J connectivity index is 2.22. The lowest BCUT2D eigenvalue weighted by Gasteiger charge is -2.47. The number of methoxy groups -OCH3 is 1. The first-order valence-electron chi connectivity index (χ1n) is 8.04. The molecular weight excluding hydrogens is 268 g/mol. The van der Waals surface area contributed by atoms with Crippen molar-refractivity contribution in [2.75, 3.05) is 13.7 Å². The maximum Gasteiger partial charge on any atom is 0.246 e. The molecule has 0 radical (unpaired) electrons. The van der Waals surface area contributed by atoms with Gasteiger partial charge < -0.3 is 15.0 Å². The minimum atomic E-state index is -0.605. The van der Waals surface area contributed by atoms with E-state index in [9.17, 15) is 9.59 Å². The molecule has 0 bridgehead atoms. The molecule has 5 nitrogen and oxygen atoms in total. The highest BCUT2D eigenvalue weighted by atomic mass is 16.5. The lowest BCUT2D eigenvalue weighted by Crippen LogP contribution is -2.69. The summed E-state index contributed by atoms with van der Waals surface area (Å²) in [6, 6.07) is -0.366. The Hall–Kier alpha value is -1.10. The van der Waals surface area contributed by atoms with Gasteiger partial charge >= 0.3 is 0 Å². The number of hydrogen-bond donors (Lipinski definition) is 1. The molecule has 2 fully saturated rings. The maximum atomic E-state index is 12.7. The molecule has 1 saturated heterocycles. The van der Waals surface area contributed by atoms with Crippen LogP contribution in [0.2, 0.25) is 0 Å². The summed E-state index contributed by atoms with van der Waals surface area (Å²) < 4.78 is 5.46. The van der Waals surface area contributed by atoms with Crippen LogP contribution in [0.25, 0.3) is 0 Å². The van der Waals surface area contributed by atoms with Crippen LogP contribution in [0.15, 0.2) is 0 Å². The van der Waals surface area contributed by atoms with Crippen molar-refractivity contribution in [2.24, 2.45) is 0 Å². The van der Waals surface area contributed by atoms with Crippen molar-refractivity contribution in [2.45, 2.75) is 76.5 Å². The second kappa shape index (κ2) is 5.95. The third-order valence-corrected chi connectivity index (χ3v) is 5.14. The first-order chi connectivity index (χ1) is 9.86. The molecule has 1 aliphatic heterocycles. The Labute approximate surface area is 127 Å². The molecule has 1 saturated carbocycles. The van der Waals surface area contributed by atoms with E-state index in [1.54, 1.807) is 7.11 Å². The molecule has 1 aliphatic carbocycles. The van der Waals surface area contributed by atoms with Crippen LogP contribution in [0.3, 0.4) is 0 Å². The van der Waals surface area contributed by atoms with Crippen LogP contribution in [0.1, 0.15) is 59.3 Å². The van der Waals surface area contributed by atoms with Gasteiger partial charge in [-0.2, -0.15) is 0 Å². The highest BCUT2D eigenvalue weighted by Crippen LogP contribution is 2.39. The topological polar surface area (TPSA) is 58.6 Å². The number of hydrogen-bond acceptors (Lipinski definition) is 3. The zero-order valence-electron chi connectivity index (χ0n) is 13.7. The normalized spacial score (nSPS) is 25.5. The van der Waals surface area contributed by atoms with E-state index in [2.05, 4.69) is 5.32 Å². The molecule has 0 aromatic rings. The third kappa shape index (κ3) is 2.93. The third-order valence-electron chi connectivity index (χ3n) is 5.14. The fraction of sp³-hybridized carbons (Fsp3) is 0.875. The smallest absolute Gasteiger partial charge is 0.246 e. The van der Waals surface area contributed by atoms with E-state index in [-0.39, 0.29) is 23.5 Å². The largest absolute Gasteiger partial charge is 0.379 e. The average Bonchev–Trinajstić information content (AvgIpc) is 2.93. The van der Waals surface area contributed by atoms with E-state index in [4.69, 9.17) is 4.74 Å². The van der Waals surface area contributed by atoms with Gasteiger partial charge in [-0.3, -0.25) is 9.59 Å². The summed E-state index contributed by atoms with van der Waals surface area (Å²) in [6.07, 6.45) is 4.98. The van der Waals surface area contributed by atoms with E-state index in [1.165, 1.54) is 0 Å². The standard InChI is InChI=1S/C16H28N2O3/c1-5-12-13(19)18(11-10-15(2,3)21-4)16(14(20)17-12)8-6-7-9-16/h12H,5-11H2,1-4H3,(H,17,20). The van der Waals surface area contributed by atoms with Crippen molar-refractivity contribution in [3.8, 4) is 0 Å². The fourth-order valence-corrected chi connectivity index (χ4v) is 3.42. The van der Waals surface area contributed by atoms with Gasteiger partial charge in [0.15, 0.2) is 0 Å². The van der Waals surface area contributed by atoms with Crippen LogP contribution in [-0.4, -0.2) is 47.6 Å². The van der Waals surface area contributed by atoms with Gasteiger partial charge in [0.25, 0.3) is 0 Å². The summed E-state index contributed by atoms with van der Waals surface area (Å²) in [7, 11) is 1.69. The molecular formula is C16H28N2O3. The number of piperazine rings is 1. The van der Waals surface area contributed by atoms with Crippen LogP contribution in [-0.2, 0) is 14.3 Å². The van der Waals surface area contributed by atoms with E-state index >= 15 is 0 Å². The summed E-state index contributed by atoms with van der Waals surface area (Å²) in [6.45, 7) is 6.55. The van der Waals surface area contributed by atoms with E-state index < -0.39 is 5.54 Å². The fourth-order valence-electron chi connectivity index (χ4n) is 3.42. The molecule has 1 spiro atoms. The van der Waals surface area contributed by atoms with Gasteiger partial charge in [0.2, 0.25) is 11.8 Å². The monoisotopic (exact) mass is 296 g/mol. The molecule has 2 aliphatic rings. The molecule has 21 heavy (non-hydrogen) atoms. The van der Waals surface area contributed by atoms with Crippen LogP contribution in [0, 0.1) is 0 Å². The molecule has 2 rings (SSSR count). The van der Waals surface area contributed by atoms with Crippen LogP contribution >= 0.6 is 0 Å². The van der Waals surface area contributed by atoms with E-state index in [1.807, 2.05) is 25.7 Å². The average molecular weight is 296 g/mol. The Bertz CT molecular complexity index is 414. The van der Waals surface area contributed by atoms with E-state index in [0.717, 1.165) is 32.1 Å². The molecule has 120 valence electrons. The Kier molecular flexibility index (Phi) is 4.61. The lowest BCUT2D eigenvalue weighted by molar-refractivity contribution is -0.158. The van der Waals surface area contributed by atoms with Crippen molar-refractivity contribution < 1.29 is 14.3 Å². The Morgan fingerprint density at radius 1 is 1.33 bits per heavy atom. The molecule has 1 unspecified atom stereocenters. The van der Waals surface area contributed by atoms with Gasteiger partial charge in [0.05, 0.1) is 5.60 Å². The first-order valence-corrected chi connectivity index (χ1v) is 8.04. The highest BCUT2D eigenvalue weighted by Gasteiger charge is 2.53. The molecule has 2 amide bonds. The van der Waals surface area contributed by atoms with Gasteiger partial charge in [-0.25, -0.2) is 0 Å². The molecule has 1 atom stereocenters. The van der Waals surface area contributed by atoms with Crippen molar-refractivity contribution >= 4 is 11.8 Å². The zero-order valence-corrected chi connectivity index (χ0v) is 13.7. The minimum Gasteiger partial charge on any atom is -0.379 e. The maximum absolute atomic E-state index is 12.7. The molecule has 1 heterocycles. The highest BCUT2D eigenvalue weighted by molar-refractivity contribution is 6.00. The second-order valence-electron chi connectivity index (χ2n) is 6.88. The minimum absolute atomic E-state index is 0.0432. The van der Waals surface area contributed by atoms with Crippen molar-refractivity contribution in [1.29, 1.82) is 0 Å². The Morgan fingerprint density at radius 2 is 1.95 bits per heavy atom. The lowest BCUT2D eigenvalue weighted by atomic mass is 9.88. The number of carbonyl (C=O) groups excluding carboxylic acids is 2. The number of rotatable bonds is 5. The number of carbonyl (C=O) groups is 2. The number of nitrogens with one attached hydrogen (secondary N) is 1. The number of nitrogens with zero attached hydrogens (tertiary/aromatic N) is 1. The SMILES string of the molecule is CCC1NC(=O)C2(CCCC2)N(CCC(C)(C)OC)C1=O. The van der Waals surface area contributed by atoms with Gasteiger partial charge in [0.1, 0.15) is 11.6 Å². The quantitative estimate of drug-likeness (QED) is 0.842. The molecule has 1 N–H and O–H groups in total. The second-order valence-corrected chi connectivity index (χ2v) is 6.88. The summed E-state index contributed by atoms with van der Waals surface area (Å²) in [4.78, 5) is 27.2. The van der Waals surface area contributed by atoms with Crippen molar-refractivity contribution in [3.05, 3.63) is 0 Å². The van der Waals surface area contributed by atoms with Gasteiger partial charge in [0, 0.05) is 13.7 Å². The summed E-state index contributed by atoms with van der Waals surface area (Å²) >= 11 is 0. The van der Waals surface area contributed by atoms with Gasteiger partial charge in [-0.1, -0.05) is 19.8 Å². The van der Waals surface area contributed by atoms with Gasteiger partial charge in [-0.15, -0.1) is 0 Å². The van der Waals surface area contributed by atoms with Crippen LogP contribution in [0.4, 0.5) is 0 Å². The predicted octanol–water partition coefficient (Wildman–Crippen LogP) is 1.85. The number of ether oxygens (including phenoxy) is 1. The summed E-state index contributed by atoms with van der Waals surface area (Å²) in [5.74, 6) is 0.118. The molecule has 0 aromatic heterocycles. The predicted molar refractivity (Wildman–Crippen MR) is 80.8 cm³/mol. The molecule has 0 aromatic carbocycles. The van der Waals surface area contributed by atoms with Crippen LogP contribution < -0.4 is 5.32 Å². The Morgan fingerprint density at radius 3 is 2.48 bits per heavy atom. The van der Waals surface area contributed by atoms with E-state index in [0.29, 0.717) is 13.0 Å². The van der Waals surface area contributed by atoms with Gasteiger partial charge in [-0.05, 0) is 39.5 Å². The van der Waals surface area contributed by atoms with Crippen molar-refractivity contribution in [3.63, 3.8) is 0 Å². The number of amides is 2. The van der Waals surface area contributed by atoms with Crippen molar-refractivity contribution in [1.82, 2.24) is 10.2 Å².